The highest BCUT2D eigenvalue weighted by atomic mass is 16.5. The number of benzene rings is 1. The van der Waals surface area contributed by atoms with Crippen LogP contribution in [0.3, 0.4) is 0 Å². The van der Waals surface area contributed by atoms with Crippen molar-refractivity contribution in [3.05, 3.63) is 47.9 Å². The number of aryl methyl sites for hydroxylation is 1. The predicted molar refractivity (Wildman–Crippen MR) is 107 cm³/mol. The smallest absolute Gasteiger partial charge is 0.268 e. The van der Waals surface area contributed by atoms with Crippen molar-refractivity contribution in [2.75, 3.05) is 20.3 Å². The number of ether oxygens (including phenoxy) is 2. The van der Waals surface area contributed by atoms with E-state index in [4.69, 9.17) is 19.0 Å². The minimum Gasteiger partial charge on any atom is -0.497 e. The third kappa shape index (κ3) is 2.58. The van der Waals surface area contributed by atoms with Gasteiger partial charge in [0.2, 0.25) is 5.89 Å². The van der Waals surface area contributed by atoms with Crippen LogP contribution < -0.4 is 4.74 Å². The lowest BCUT2D eigenvalue weighted by Crippen LogP contribution is -2.00. The maximum atomic E-state index is 6.02. The lowest BCUT2D eigenvalue weighted by Gasteiger charge is -2.11. The van der Waals surface area contributed by atoms with Gasteiger partial charge in [-0.05, 0) is 24.6 Å². The molecule has 1 unspecified atom stereocenters. The van der Waals surface area contributed by atoms with E-state index in [-0.39, 0.29) is 5.92 Å². The molecule has 0 bridgehead atoms. The molecule has 152 valence electrons. The van der Waals surface area contributed by atoms with Gasteiger partial charge < -0.3 is 18.5 Å². The van der Waals surface area contributed by atoms with Crippen molar-refractivity contribution < 1.29 is 13.9 Å². The summed E-state index contributed by atoms with van der Waals surface area (Å²) in [6.45, 7) is 1.35. The van der Waals surface area contributed by atoms with Gasteiger partial charge >= 0.3 is 0 Å². The van der Waals surface area contributed by atoms with Crippen molar-refractivity contribution in [1.29, 1.82) is 0 Å². The summed E-state index contributed by atoms with van der Waals surface area (Å²) in [4.78, 5) is 4.65. The maximum Gasteiger partial charge on any atom is 0.268 e. The zero-order valence-corrected chi connectivity index (χ0v) is 16.7. The second-order valence-corrected chi connectivity index (χ2v) is 7.65. The fourth-order valence-electron chi connectivity index (χ4n) is 4.27. The average molecular weight is 404 g/mol. The highest BCUT2D eigenvalue weighted by molar-refractivity contribution is 5.77. The first-order valence-electron chi connectivity index (χ1n) is 9.90. The van der Waals surface area contributed by atoms with Crippen molar-refractivity contribution in [3.8, 4) is 34.3 Å². The van der Waals surface area contributed by atoms with E-state index in [9.17, 15) is 0 Å². The van der Waals surface area contributed by atoms with Gasteiger partial charge in [0, 0.05) is 37.4 Å². The number of methoxy groups -OCH3 is 1. The van der Waals surface area contributed by atoms with E-state index in [1.807, 2.05) is 42.5 Å². The predicted octanol–water partition coefficient (Wildman–Crippen LogP) is 2.74. The number of fused-ring (bicyclic) bond motifs is 5. The summed E-state index contributed by atoms with van der Waals surface area (Å²) in [5, 5.41) is 13.3. The Hall–Kier alpha value is -3.46. The largest absolute Gasteiger partial charge is 0.497 e. The van der Waals surface area contributed by atoms with Crippen LogP contribution in [0, 0.1) is 0 Å². The Morgan fingerprint density at radius 2 is 2.13 bits per heavy atom. The van der Waals surface area contributed by atoms with Gasteiger partial charge in [-0.15, -0.1) is 10.2 Å². The van der Waals surface area contributed by atoms with Gasteiger partial charge in [-0.2, -0.15) is 5.10 Å². The molecule has 2 aliphatic heterocycles. The summed E-state index contributed by atoms with van der Waals surface area (Å²) in [6.07, 6.45) is 5.40. The van der Waals surface area contributed by atoms with Crippen molar-refractivity contribution in [2.45, 2.75) is 18.8 Å². The number of aromatic nitrogens is 6. The highest BCUT2D eigenvalue weighted by Crippen LogP contribution is 2.39. The van der Waals surface area contributed by atoms with Crippen LogP contribution in [0.1, 0.15) is 29.5 Å². The first kappa shape index (κ1) is 17.4. The Morgan fingerprint density at radius 3 is 2.97 bits per heavy atom. The Kier molecular flexibility index (Phi) is 3.79. The molecule has 6 rings (SSSR count). The summed E-state index contributed by atoms with van der Waals surface area (Å²) in [5.74, 6) is 2.00. The van der Waals surface area contributed by atoms with Gasteiger partial charge in [-0.3, -0.25) is 4.68 Å². The number of hydrogen-bond donors (Lipinski definition) is 0. The molecule has 1 atom stereocenters. The Balaban J connectivity index is 1.51. The SMILES string of the molecule is COc1ccc2c(c1)-c1nn(C)cc1Cc1c(-c3nnc(C4CCOC4)o3)ncn1-2. The minimum absolute atomic E-state index is 0.158. The molecule has 0 spiro atoms. The van der Waals surface area contributed by atoms with Gasteiger partial charge in [0.25, 0.3) is 5.89 Å². The van der Waals surface area contributed by atoms with Crippen LogP contribution >= 0.6 is 0 Å². The molecule has 1 saturated heterocycles. The maximum absolute atomic E-state index is 6.02. The zero-order valence-electron chi connectivity index (χ0n) is 16.7. The molecule has 0 N–H and O–H groups in total. The van der Waals surface area contributed by atoms with E-state index in [2.05, 4.69) is 19.7 Å². The van der Waals surface area contributed by atoms with Crippen molar-refractivity contribution in [1.82, 2.24) is 29.5 Å². The van der Waals surface area contributed by atoms with E-state index in [0.717, 1.165) is 47.0 Å². The van der Waals surface area contributed by atoms with E-state index < -0.39 is 0 Å². The third-order valence-electron chi connectivity index (χ3n) is 5.77. The van der Waals surface area contributed by atoms with E-state index >= 15 is 0 Å². The third-order valence-corrected chi connectivity index (χ3v) is 5.77. The van der Waals surface area contributed by atoms with E-state index in [1.165, 1.54) is 0 Å². The van der Waals surface area contributed by atoms with Crippen molar-refractivity contribution in [3.63, 3.8) is 0 Å². The van der Waals surface area contributed by atoms with Crippen LogP contribution in [-0.2, 0) is 18.2 Å². The molecule has 9 heteroatoms. The number of nitrogens with zero attached hydrogens (tertiary/aromatic N) is 6. The lowest BCUT2D eigenvalue weighted by atomic mass is 10.0. The van der Waals surface area contributed by atoms with Gasteiger partial charge in [0.05, 0.1) is 36.7 Å². The molecule has 30 heavy (non-hydrogen) atoms. The molecular weight excluding hydrogens is 384 g/mol. The quantitative estimate of drug-likeness (QED) is 0.456. The molecule has 0 aliphatic carbocycles. The van der Waals surface area contributed by atoms with E-state index in [1.54, 1.807) is 7.11 Å². The molecule has 0 amide bonds. The van der Waals surface area contributed by atoms with Crippen LogP contribution in [0.25, 0.3) is 28.5 Å². The molecule has 1 aromatic carbocycles. The summed E-state index contributed by atoms with van der Waals surface area (Å²) >= 11 is 0. The number of hydrogen-bond acceptors (Lipinski definition) is 7. The monoisotopic (exact) mass is 404 g/mol. The normalized spacial score (nSPS) is 17.3. The first-order chi connectivity index (χ1) is 14.7. The van der Waals surface area contributed by atoms with Crippen molar-refractivity contribution in [2.24, 2.45) is 7.05 Å². The molecule has 2 aliphatic rings. The van der Waals surface area contributed by atoms with Crippen LogP contribution in [0.15, 0.2) is 35.1 Å². The van der Waals surface area contributed by atoms with E-state index in [0.29, 0.717) is 30.5 Å². The van der Waals surface area contributed by atoms with Crippen LogP contribution in [0.5, 0.6) is 5.75 Å². The fraction of sp³-hybridized carbons (Fsp3) is 0.333. The van der Waals surface area contributed by atoms with Gasteiger partial charge in [-0.1, -0.05) is 0 Å². The molecule has 1 fully saturated rings. The highest BCUT2D eigenvalue weighted by Gasteiger charge is 2.29. The fourth-order valence-corrected chi connectivity index (χ4v) is 4.27. The topological polar surface area (TPSA) is 93.0 Å². The van der Waals surface area contributed by atoms with Crippen LogP contribution in [0.2, 0.25) is 0 Å². The Bertz CT molecular complexity index is 1250. The van der Waals surface area contributed by atoms with Crippen molar-refractivity contribution >= 4 is 0 Å². The summed E-state index contributed by atoms with van der Waals surface area (Å²) < 4.78 is 20.8. The second kappa shape index (κ2) is 6.53. The van der Waals surface area contributed by atoms with Crippen LogP contribution in [0.4, 0.5) is 0 Å². The van der Waals surface area contributed by atoms with Gasteiger partial charge in [0.1, 0.15) is 17.8 Å². The minimum atomic E-state index is 0.158. The van der Waals surface area contributed by atoms with Gasteiger partial charge in [0.15, 0.2) is 0 Å². The molecule has 3 aromatic heterocycles. The molecule has 4 aromatic rings. The Labute approximate surface area is 172 Å². The molecule has 5 heterocycles. The number of rotatable bonds is 3. The summed E-state index contributed by atoms with van der Waals surface area (Å²) in [6, 6.07) is 5.99. The molecule has 0 saturated carbocycles. The van der Waals surface area contributed by atoms with Crippen LogP contribution in [-0.4, -0.2) is 49.9 Å². The zero-order chi connectivity index (χ0) is 20.2. The standard InChI is InChI=1S/C21H20N6O3/c1-26-9-13-7-17-19(21-24-23-20(30-21)12-5-6-29-10-12)22-11-27(17)16-4-3-14(28-2)8-15(16)18(13)25-26/h3-4,8-9,11-12H,5-7,10H2,1-2H3. The second-order valence-electron chi connectivity index (χ2n) is 7.65. The average Bonchev–Trinajstić information content (AvgIpc) is 3.53. The summed E-state index contributed by atoms with van der Waals surface area (Å²) in [5.41, 5.74) is 5.73. The summed E-state index contributed by atoms with van der Waals surface area (Å²) in [7, 11) is 3.60. The molecular formula is C21H20N6O3. The van der Waals surface area contributed by atoms with Gasteiger partial charge in [-0.25, -0.2) is 4.98 Å². The number of imidazole rings is 1. The lowest BCUT2D eigenvalue weighted by molar-refractivity contribution is 0.191. The molecule has 0 radical (unpaired) electrons. The molecule has 9 nitrogen and oxygen atoms in total. The Morgan fingerprint density at radius 1 is 1.20 bits per heavy atom. The first-order valence-corrected chi connectivity index (χ1v) is 9.90.